The lowest BCUT2D eigenvalue weighted by Gasteiger charge is -2.16. The Balaban J connectivity index is 1.83. The summed E-state index contributed by atoms with van der Waals surface area (Å²) in [5.74, 6) is 0.805. The zero-order valence-corrected chi connectivity index (χ0v) is 19.4. The molecule has 0 saturated carbocycles. The van der Waals surface area contributed by atoms with Crippen LogP contribution >= 0.6 is 11.3 Å². The van der Waals surface area contributed by atoms with Crippen molar-refractivity contribution in [3.05, 3.63) is 47.5 Å². The molecule has 0 unspecified atom stereocenters. The second kappa shape index (κ2) is 11.4. The van der Waals surface area contributed by atoms with Crippen molar-refractivity contribution in [2.24, 2.45) is 4.36 Å². The first-order chi connectivity index (χ1) is 15.9. The Bertz CT molecular complexity index is 1250. The van der Waals surface area contributed by atoms with E-state index < -0.39 is 16.7 Å². The van der Waals surface area contributed by atoms with E-state index in [2.05, 4.69) is 35.8 Å². The summed E-state index contributed by atoms with van der Waals surface area (Å²) in [7, 11) is -1.87. The number of rotatable bonds is 8. The van der Waals surface area contributed by atoms with E-state index in [0.717, 1.165) is 4.88 Å². The Morgan fingerprint density at radius 3 is 2.79 bits per heavy atom. The van der Waals surface area contributed by atoms with Crippen molar-refractivity contribution in [2.45, 2.75) is 24.8 Å². The standard InChI is InChI=1S/C21H21N6O4S2/c1-3-31-21(29)27-33(30)16-6-4-15(5-7-16)25-20-23-10-17(18-8-14(9-22)12-32-18)19(26-20)24-13(2)11-28/h4-8,10,12-13,28H,3,11H2,1-2H3,(H2,23,24,25,26)/q-1/t13-/m1/s1. The molecule has 3 rings (SSSR count). The van der Waals surface area contributed by atoms with Gasteiger partial charge in [-0.05, 0) is 32.0 Å². The molecule has 0 saturated heterocycles. The van der Waals surface area contributed by atoms with Crippen LogP contribution in [0.5, 0.6) is 0 Å². The molecule has 2 aromatic heterocycles. The second-order valence-corrected chi connectivity index (χ2v) is 8.75. The van der Waals surface area contributed by atoms with Gasteiger partial charge in [0.2, 0.25) is 5.95 Å². The summed E-state index contributed by atoms with van der Waals surface area (Å²) in [5.41, 5.74) is 1.88. The average molecular weight is 486 g/mol. The van der Waals surface area contributed by atoms with E-state index in [1.165, 1.54) is 11.3 Å². The van der Waals surface area contributed by atoms with Gasteiger partial charge < -0.3 is 24.7 Å². The van der Waals surface area contributed by atoms with Gasteiger partial charge in [0.15, 0.2) is 0 Å². The van der Waals surface area contributed by atoms with Crippen molar-refractivity contribution in [2.75, 3.05) is 23.8 Å². The smallest absolute Gasteiger partial charge is 0.410 e. The Morgan fingerprint density at radius 2 is 2.15 bits per heavy atom. The molecular weight excluding hydrogens is 464 g/mol. The predicted octanol–water partition coefficient (Wildman–Crippen LogP) is 4.28. The van der Waals surface area contributed by atoms with E-state index in [1.807, 2.05) is 6.92 Å². The van der Waals surface area contributed by atoms with E-state index >= 15 is 0 Å². The van der Waals surface area contributed by atoms with Crippen LogP contribution in [0.25, 0.3) is 10.4 Å². The molecule has 33 heavy (non-hydrogen) atoms. The molecule has 1 aromatic carbocycles. The summed E-state index contributed by atoms with van der Waals surface area (Å²) in [4.78, 5) is 21.4. The van der Waals surface area contributed by atoms with Gasteiger partial charge in [-0.3, -0.25) is 4.36 Å². The van der Waals surface area contributed by atoms with E-state index in [-0.39, 0.29) is 19.3 Å². The van der Waals surface area contributed by atoms with Crippen LogP contribution in [-0.4, -0.2) is 40.4 Å². The summed E-state index contributed by atoms with van der Waals surface area (Å²) in [6, 6.07) is 10.1. The van der Waals surface area contributed by atoms with Crippen molar-refractivity contribution in [1.29, 1.82) is 5.26 Å². The van der Waals surface area contributed by atoms with Crippen LogP contribution in [0, 0.1) is 11.3 Å². The first-order valence-corrected chi connectivity index (χ1v) is 11.8. The number of carbonyl (C=O) groups is 1. The van der Waals surface area contributed by atoms with Gasteiger partial charge in [0.1, 0.15) is 11.9 Å². The first-order valence-electron chi connectivity index (χ1n) is 9.84. The van der Waals surface area contributed by atoms with Gasteiger partial charge in [-0.1, -0.05) is 17.0 Å². The molecule has 2 heterocycles. The number of aromatic nitrogens is 2. The van der Waals surface area contributed by atoms with Crippen molar-refractivity contribution >= 4 is 45.5 Å². The highest BCUT2D eigenvalue weighted by Gasteiger charge is 2.14. The molecule has 3 aromatic rings. The maximum Gasteiger partial charge on any atom is 0.410 e. The lowest BCUT2D eigenvalue weighted by molar-refractivity contribution is 0.164. The van der Waals surface area contributed by atoms with Gasteiger partial charge in [0, 0.05) is 28.2 Å². The van der Waals surface area contributed by atoms with Gasteiger partial charge in [-0.25, -0.2) is 9.78 Å². The maximum absolute atomic E-state index is 12.1. The molecule has 0 spiro atoms. The zero-order chi connectivity index (χ0) is 23.8. The summed E-state index contributed by atoms with van der Waals surface area (Å²) in [6.45, 7) is 3.52. The molecule has 3 N–H and O–H groups in total. The van der Waals surface area contributed by atoms with Crippen molar-refractivity contribution in [1.82, 2.24) is 9.97 Å². The summed E-state index contributed by atoms with van der Waals surface area (Å²) < 4.78 is 20.3. The molecule has 0 bridgehead atoms. The molecule has 1 amide bonds. The highest BCUT2D eigenvalue weighted by Crippen LogP contribution is 2.32. The van der Waals surface area contributed by atoms with E-state index in [0.29, 0.717) is 33.5 Å². The third-order valence-corrected chi connectivity index (χ3v) is 6.13. The molecule has 0 aliphatic rings. The third-order valence-electron chi connectivity index (χ3n) is 4.18. The third kappa shape index (κ3) is 6.48. The Labute approximate surface area is 196 Å². The largest absolute Gasteiger partial charge is 0.450 e. The molecule has 0 fully saturated rings. The number of aliphatic hydroxyl groups excluding tert-OH is 1. The maximum atomic E-state index is 12.1. The fourth-order valence-corrected chi connectivity index (χ4v) is 4.11. The molecular formula is C21H21N6O4S2-. The number of hydrogen-bond donors (Lipinski definition) is 3. The highest BCUT2D eigenvalue weighted by atomic mass is 32.2. The quantitative estimate of drug-likeness (QED) is 0.397. The topological polar surface area (TPSA) is 150 Å². The molecule has 0 aliphatic carbocycles. The van der Waals surface area contributed by atoms with Gasteiger partial charge in [0.05, 0.1) is 24.3 Å². The van der Waals surface area contributed by atoms with Crippen LogP contribution < -0.4 is 10.6 Å². The Morgan fingerprint density at radius 1 is 1.39 bits per heavy atom. The number of nitrogens with one attached hydrogen (secondary N) is 2. The van der Waals surface area contributed by atoms with Crippen LogP contribution in [-0.2, 0) is 19.5 Å². The van der Waals surface area contributed by atoms with Crippen molar-refractivity contribution in [3.8, 4) is 16.5 Å². The van der Waals surface area contributed by atoms with Crippen molar-refractivity contribution in [3.63, 3.8) is 0 Å². The molecule has 12 heteroatoms. The van der Waals surface area contributed by atoms with Gasteiger partial charge in [-0.15, -0.1) is 21.9 Å². The minimum Gasteiger partial charge on any atom is -0.450 e. The zero-order valence-electron chi connectivity index (χ0n) is 17.8. The normalized spacial score (nSPS) is 12.5. The number of carbonyl (C=O) groups excluding carboxylic acids is 1. The van der Waals surface area contributed by atoms with Crippen LogP contribution in [0.1, 0.15) is 19.4 Å². The second-order valence-electron chi connectivity index (χ2n) is 6.68. The number of amides is 1. The fraction of sp³-hybridized carbons (Fsp3) is 0.238. The van der Waals surface area contributed by atoms with Gasteiger partial charge >= 0.3 is 6.09 Å². The summed E-state index contributed by atoms with van der Waals surface area (Å²) in [5, 5.41) is 26.5. The SMILES string of the molecule is CCOC(=O)N=[S-](=O)c1ccc(Nc2ncc(-c3cc(C#N)cs3)c(N[C@H](C)CO)n2)cc1. The number of nitriles is 1. The molecule has 0 radical (unpaired) electrons. The van der Waals surface area contributed by atoms with Gasteiger partial charge in [-0.2, -0.15) is 10.2 Å². The number of hydrogen-bond acceptors (Lipinski definition) is 11. The summed E-state index contributed by atoms with van der Waals surface area (Å²) >= 11 is 1.40. The Hall–Kier alpha value is -3.53. The Kier molecular flexibility index (Phi) is 8.31. The number of aliphatic hydroxyl groups is 1. The molecule has 0 aliphatic heterocycles. The number of ether oxygens (including phenoxy) is 1. The van der Waals surface area contributed by atoms with Crippen molar-refractivity contribution < 1.29 is 18.8 Å². The fourth-order valence-electron chi connectivity index (χ4n) is 2.60. The van der Waals surface area contributed by atoms with Crippen LogP contribution in [0.4, 0.5) is 22.2 Å². The predicted molar refractivity (Wildman–Crippen MR) is 126 cm³/mol. The van der Waals surface area contributed by atoms with Crippen LogP contribution in [0.2, 0.25) is 0 Å². The first kappa shape index (κ1) is 24.1. The van der Waals surface area contributed by atoms with Gasteiger partial charge in [0.25, 0.3) is 0 Å². The monoisotopic (exact) mass is 485 g/mol. The lowest BCUT2D eigenvalue weighted by atomic mass is 10.2. The average Bonchev–Trinajstić information content (AvgIpc) is 3.29. The number of anilines is 3. The molecule has 1 atom stereocenters. The number of benzene rings is 1. The summed E-state index contributed by atoms with van der Waals surface area (Å²) in [6.07, 6.45) is 0.757. The minimum atomic E-state index is -1.87. The van der Waals surface area contributed by atoms with Crippen LogP contribution in [0.3, 0.4) is 0 Å². The highest BCUT2D eigenvalue weighted by molar-refractivity contribution is 7.75. The van der Waals surface area contributed by atoms with E-state index in [1.54, 1.807) is 48.8 Å². The molecule has 172 valence electrons. The molecule has 10 nitrogen and oxygen atoms in total. The van der Waals surface area contributed by atoms with E-state index in [9.17, 15) is 14.1 Å². The minimum absolute atomic E-state index is 0.0878. The number of thiophene rings is 1. The van der Waals surface area contributed by atoms with Crippen LogP contribution in [0.15, 0.2) is 51.2 Å². The lowest BCUT2D eigenvalue weighted by Crippen LogP contribution is -2.21. The number of nitrogens with zero attached hydrogens (tertiary/aromatic N) is 4. The van der Waals surface area contributed by atoms with E-state index in [4.69, 9.17) is 5.26 Å².